The number of carbonyl (C=O) groups excluding carboxylic acids is 1. The Morgan fingerprint density at radius 2 is 1.71 bits per heavy atom. The number of hydrogen-bond acceptors (Lipinski definition) is 1. The van der Waals surface area contributed by atoms with E-state index in [0.29, 0.717) is 12.1 Å². The molecule has 0 aromatic rings. The molecule has 2 aliphatic heterocycles. The van der Waals surface area contributed by atoms with Crippen molar-refractivity contribution in [3.63, 3.8) is 0 Å². The lowest BCUT2D eigenvalue weighted by molar-refractivity contribution is -0.0163. The van der Waals surface area contributed by atoms with Crippen LogP contribution in [-0.2, 0) is 0 Å². The average molecular weight is 286 g/mol. The molecule has 4 aliphatic carbocycles. The van der Waals surface area contributed by atoms with Crippen LogP contribution < -0.4 is 5.32 Å². The number of hydrogen-bond donors (Lipinski definition) is 1. The molecule has 0 aromatic heterocycles. The van der Waals surface area contributed by atoms with E-state index < -0.39 is 0 Å². The van der Waals surface area contributed by atoms with Crippen LogP contribution in [0.3, 0.4) is 0 Å². The summed E-state index contributed by atoms with van der Waals surface area (Å²) >= 11 is 0. The van der Waals surface area contributed by atoms with Crippen LogP contribution in [0.25, 0.3) is 0 Å². The molecule has 3 nitrogen and oxygen atoms in total. The maximum absolute atomic E-state index is 12.9. The Morgan fingerprint density at radius 3 is 2.33 bits per heavy atom. The molecule has 6 rings (SSSR count). The first-order chi connectivity index (χ1) is 10.2. The molecule has 1 N–H and O–H groups in total. The van der Waals surface area contributed by atoms with Gasteiger partial charge >= 0.3 is 6.03 Å². The predicted octanol–water partition coefficient (Wildman–Crippen LogP) is 3.46. The van der Waals surface area contributed by atoms with Crippen LogP contribution in [0.5, 0.6) is 0 Å². The van der Waals surface area contributed by atoms with Crippen molar-refractivity contribution < 1.29 is 4.79 Å². The van der Waals surface area contributed by atoms with Crippen molar-refractivity contribution in [2.24, 2.45) is 17.8 Å². The minimum Gasteiger partial charge on any atom is -0.333 e. The van der Waals surface area contributed by atoms with Gasteiger partial charge in [-0.2, -0.15) is 0 Å². The van der Waals surface area contributed by atoms with Gasteiger partial charge in [0.05, 0.1) is 6.04 Å². The molecule has 0 aromatic carbocycles. The number of amides is 2. The molecule has 0 radical (unpaired) electrons. The zero-order valence-electron chi connectivity index (χ0n) is 12.8. The third kappa shape index (κ3) is 1.89. The summed E-state index contributed by atoms with van der Waals surface area (Å²) in [5.74, 6) is 2.69. The van der Waals surface area contributed by atoms with Crippen LogP contribution in [-0.4, -0.2) is 28.6 Å². The maximum Gasteiger partial charge on any atom is 0.318 e. The molecule has 6 aliphatic rings. The molecule has 2 atom stereocenters. The van der Waals surface area contributed by atoms with Gasteiger partial charge in [0.15, 0.2) is 0 Å². The summed E-state index contributed by atoms with van der Waals surface area (Å²) in [7, 11) is 0. The van der Waals surface area contributed by atoms with Crippen LogP contribution in [0.1, 0.15) is 57.8 Å². The van der Waals surface area contributed by atoms with Crippen molar-refractivity contribution in [2.75, 3.05) is 0 Å². The minimum atomic E-state index is 0.159. The fourth-order valence-corrected chi connectivity index (χ4v) is 6.60. The number of nitrogens with one attached hydrogen (secondary N) is 1. The summed E-state index contributed by atoms with van der Waals surface area (Å²) in [6.07, 6.45) is 16.0. The van der Waals surface area contributed by atoms with Gasteiger partial charge in [-0.25, -0.2) is 4.79 Å². The standard InChI is InChI=1S/C18H26N2O/c21-17(20-15-2-1-3-16(20)5-4-15)19-18-9-12-6-13(10-18)8-14(7-12)11-18/h1-2,12-16H,3-11H2,(H,19,21). The smallest absolute Gasteiger partial charge is 0.318 e. The van der Waals surface area contributed by atoms with E-state index in [-0.39, 0.29) is 11.6 Å². The third-order valence-corrected chi connectivity index (χ3v) is 6.96. The van der Waals surface area contributed by atoms with Gasteiger partial charge in [0.2, 0.25) is 0 Å². The SMILES string of the molecule is O=C(NC12CC3CC(CC(C3)C1)C2)N1C2C=CCC1CC2. The molecule has 114 valence electrons. The van der Waals surface area contributed by atoms with E-state index in [1.165, 1.54) is 44.9 Å². The minimum absolute atomic E-state index is 0.159. The fourth-order valence-electron chi connectivity index (χ4n) is 6.60. The van der Waals surface area contributed by atoms with Crippen LogP contribution in [0.4, 0.5) is 4.79 Å². The van der Waals surface area contributed by atoms with E-state index in [1.807, 2.05) is 0 Å². The Hall–Kier alpha value is -0.990. The molecule has 5 fully saturated rings. The second-order valence-corrected chi connectivity index (χ2v) is 8.50. The first-order valence-corrected chi connectivity index (χ1v) is 8.98. The quantitative estimate of drug-likeness (QED) is 0.736. The monoisotopic (exact) mass is 286 g/mol. The van der Waals surface area contributed by atoms with Crippen LogP contribution >= 0.6 is 0 Å². The van der Waals surface area contributed by atoms with E-state index in [2.05, 4.69) is 22.4 Å². The number of rotatable bonds is 1. The second-order valence-electron chi connectivity index (χ2n) is 8.50. The zero-order valence-corrected chi connectivity index (χ0v) is 12.8. The van der Waals surface area contributed by atoms with E-state index in [4.69, 9.17) is 0 Å². The molecule has 2 amide bonds. The van der Waals surface area contributed by atoms with E-state index in [1.54, 1.807) is 0 Å². The largest absolute Gasteiger partial charge is 0.333 e. The topological polar surface area (TPSA) is 32.3 Å². The van der Waals surface area contributed by atoms with Gasteiger partial charge in [0, 0.05) is 11.6 Å². The molecular weight excluding hydrogens is 260 g/mol. The first-order valence-electron chi connectivity index (χ1n) is 8.98. The predicted molar refractivity (Wildman–Crippen MR) is 81.8 cm³/mol. The van der Waals surface area contributed by atoms with Gasteiger partial charge in [-0.3, -0.25) is 0 Å². The number of urea groups is 1. The van der Waals surface area contributed by atoms with Gasteiger partial charge in [-0.15, -0.1) is 0 Å². The summed E-state index contributed by atoms with van der Waals surface area (Å²) in [5.41, 5.74) is 0.159. The van der Waals surface area contributed by atoms with Crippen molar-refractivity contribution in [1.29, 1.82) is 0 Å². The van der Waals surface area contributed by atoms with Gasteiger partial charge < -0.3 is 10.2 Å². The van der Waals surface area contributed by atoms with Crippen molar-refractivity contribution >= 4 is 6.03 Å². The van der Waals surface area contributed by atoms with E-state index >= 15 is 0 Å². The van der Waals surface area contributed by atoms with Crippen molar-refractivity contribution in [3.05, 3.63) is 12.2 Å². The molecule has 0 spiro atoms. The lowest BCUT2D eigenvalue weighted by atomic mass is 9.53. The van der Waals surface area contributed by atoms with Crippen molar-refractivity contribution in [1.82, 2.24) is 10.2 Å². The first kappa shape index (κ1) is 12.5. The number of carbonyl (C=O) groups is 1. The fraction of sp³-hybridized carbons (Fsp3) is 0.833. The van der Waals surface area contributed by atoms with E-state index in [9.17, 15) is 4.79 Å². The van der Waals surface area contributed by atoms with Crippen LogP contribution in [0, 0.1) is 17.8 Å². The highest BCUT2D eigenvalue weighted by Gasteiger charge is 2.52. The van der Waals surface area contributed by atoms with Crippen LogP contribution in [0.15, 0.2) is 12.2 Å². The maximum atomic E-state index is 12.9. The molecule has 1 saturated heterocycles. The Morgan fingerprint density at radius 1 is 1.05 bits per heavy atom. The van der Waals surface area contributed by atoms with Gasteiger partial charge in [0.1, 0.15) is 0 Å². The summed E-state index contributed by atoms with van der Waals surface area (Å²) < 4.78 is 0. The molecule has 3 heteroatoms. The molecular formula is C18H26N2O. The van der Waals surface area contributed by atoms with Gasteiger partial charge in [0.25, 0.3) is 0 Å². The summed E-state index contributed by atoms with van der Waals surface area (Å²) in [5, 5.41) is 3.55. The normalized spacial score (nSPS) is 49.7. The summed E-state index contributed by atoms with van der Waals surface area (Å²) in [6, 6.07) is 1.08. The highest BCUT2D eigenvalue weighted by molar-refractivity contribution is 5.77. The lowest BCUT2D eigenvalue weighted by Gasteiger charge is -2.57. The Bertz CT molecular complexity index is 462. The highest BCUT2D eigenvalue weighted by atomic mass is 16.2. The summed E-state index contributed by atoms with van der Waals surface area (Å²) in [4.78, 5) is 15.1. The second kappa shape index (κ2) is 4.27. The molecule has 2 heterocycles. The van der Waals surface area contributed by atoms with Crippen molar-refractivity contribution in [3.8, 4) is 0 Å². The van der Waals surface area contributed by atoms with Crippen molar-refractivity contribution in [2.45, 2.75) is 75.4 Å². The number of nitrogens with zero attached hydrogens (tertiary/aromatic N) is 1. The van der Waals surface area contributed by atoms with Crippen LogP contribution in [0.2, 0.25) is 0 Å². The Balaban J connectivity index is 1.35. The Kier molecular flexibility index (Phi) is 2.55. The number of fused-ring (bicyclic) bond motifs is 2. The molecule has 4 saturated carbocycles. The molecule has 21 heavy (non-hydrogen) atoms. The average Bonchev–Trinajstić information content (AvgIpc) is 2.67. The highest BCUT2D eigenvalue weighted by Crippen LogP contribution is 2.55. The van der Waals surface area contributed by atoms with E-state index in [0.717, 1.165) is 30.6 Å². The van der Waals surface area contributed by atoms with Gasteiger partial charge in [-0.05, 0) is 75.5 Å². The zero-order chi connectivity index (χ0) is 14.0. The summed E-state index contributed by atoms with van der Waals surface area (Å²) in [6.45, 7) is 0. The van der Waals surface area contributed by atoms with Gasteiger partial charge in [-0.1, -0.05) is 12.2 Å². The third-order valence-electron chi connectivity index (χ3n) is 6.96. The molecule has 2 unspecified atom stereocenters. The lowest BCUT2D eigenvalue weighted by Crippen LogP contribution is -2.63. The molecule has 6 bridgehead atoms. The Labute approximate surface area is 127 Å².